The number of benzene rings is 2. The zero-order valence-corrected chi connectivity index (χ0v) is 26.2. The second kappa shape index (κ2) is 13.4. The van der Waals surface area contributed by atoms with Crippen molar-refractivity contribution in [3.05, 3.63) is 82.4 Å². The van der Waals surface area contributed by atoms with Crippen LogP contribution in [-0.2, 0) is 34.2 Å². The molecular weight excluding hydrogens is 554 g/mol. The van der Waals surface area contributed by atoms with Crippen molar-refractivity contribution in [1.29, 1.82) is 0 Å². The van der Waals surface area contributed by atoms with Crippen LogP contribution in [0.1, 0.15) is 54.1 Å². The first kappa shape index (κ1) is 31.1. The van der Waals surface area contributed by atoms with E-state index in [0.717, 1.165) is 51.6 Å². The normalized spacial score (nSPS) is 11.5. The van der Waals surface area contributed by atoms with Crippen molar-refractivity contribution in [1.82, 2.24) is 10.1 Å². The summed E-state index contributed by atoms with van der Waals surface area (Å²) in [6.45, 7) is 9.69. The molecule has 2 aromatic heterocycles. The van der Waals surface area contributed by atoms with Gasteiger partial charge < -0.3 is 18.7 Å². The molecule has 0 atom stereocenters. The van der Waals surface area contributed by atoms with E-state index in [4.69, 9.17) is 18.7 Å². The van der Waals surface area contributed by atoms with Gasteiger partial charge in [-0.1, -0.05) is 61.8 Å². The third-order valence-electron chi connectivity index (χ3n) is 7.17. The van der Waals surface area contributed by atoms with Crippen LogP contribution >= 0.6 is 0 Å². The lowest BCUT2D eigenvalue weighted by atomic mass is 9.95. The molecule has 0 aliphatic heterocycles. The quantitative estimate of drug-likeness (QED) is 0.161. The molecule has 0 saturated heterocycles. The first-order valence-corrected chi connectivity index (χ1v) is 15.4. The Hall–Kier alpha value is -3.89. The molecule has 4 rings (SSSR count). The average Bonchev–Trinajstić information content (AvgIpc) is 3.31. The summed E-state index contributed by atoms with van der Waals surface area (Å²) in [5.41, 5.74) is 5.79. The molecule has 0 bridgehead atoms. The summed E-state index contributed by atoms with van der Waals surface area (Å²) in [5.74, 6) is 2.02. The summed E-state index contributed by atoms with van der Waals surface area (Å²) < 4.78 is 51.8. The third-order valence-corrected chi connectivity index (χ3v) is 8.94. The summed E-state index contributed by atoms with van der Waals surface area (Å²) >= 11 is 0. The minimum Gasteiger partial charge on any atom is -0.491 e. The summed E-state index contributed by atoms with van der Waals surface area (Å²) in [5, 5.41) is 4.03. The molecule has 2 aromatic carbocycles. The van der Waals surface area contributed by atoms with Gasteiger partial charge in [-0.2, -0.15) is 0 Å². The fourth-order valence-corrected chi connectivity index (χ4v) is 6.49. The van der Waals surface area contributed by atoms with E-state index in [9.17, 15) is 8.42 Å². The van der Waals surface area contributed by atoms with Crippen LogP contribution in [0.2, 0.25) is 0 Å². The van der Waals surface area contributed by atoms with E-state index in [1.54, 1.807) is 33.1 Å². The van der Waals surface area contributed by atoms with Gasteiger partial charge >= 0.3 is 0 Å². The molecule has 0 fully saturated rings. The van der Waals surface area contributed by atoms with E-state index in [-0.39, 0.29) is 17.4 Å². The smallest absolute Gasteiger partial charge is 0.268 e. The fraction of sp³-hybridized carbons (Fsp3) is 0.375. The van der Waals surface area contributed by atoms with Crippen molar-refractivity contribution >= 4 is 15.8 Å². The molecule has 224 valence electrons. The van der Waals surface area contributed by atoms with Crippen LogP contribution in [0.25, 0.3) is 11.1 Å². The lowest BCUT2D eigenvalue weighted by Gasteiger charge is -2.23. The summed E-state index contributed by atoms with van der Waals surface area (Å²) in [7, 11) is -1.01. The predicted molar refractivity (Wildman–Crippen MR) is 163 cm³/mol. The Labute approximate surface area is 248 Å². The van der Waals surface area contributed by atoms with Crippen LogP contribution in [0.5, 0.6) is 11.5 Å². The molecule has 0 N–H and O–H groups in total. The Morgan fingerprint density at radius 3 is 2.38 bits per heavy atom. The zero-order valence-electron chi connectivity index (χ0n) is 25.4. The van der Waals surface area contributed by atoms with Gasteiger partial charge in [0.1, 0.15) is 19.1 Å². The molecule has 0 spiro atoms. The van der Waals surface area contributed by atoms with E-state index in [0.29, 0.717) is 35.0 Å². The van der Waals surface area contributed by atoms with Gasteiger partial charge in [0.15, 0.2) is 17.3 Å². The first-order valence-electron chi connectivity index (χ1n) is 14.0. The van der Waals surface area contributed by atoms with Crippen LogP contribution in [-0.4, -0.2) is 39.5 Å². The molecule has 0 amide bonds. The Balaban J connectivity index is 1.73. The second-order valence-corrected chi connectivity index (χ2v) is 11.9. The molecule has 0 radical (unpaired) electrons. The number of hydrogen-bond donors (Lipinski definition) is 0. The van der Waals surface area contributed by atoms with Gasteiger partial charge in [0.2, 0.25) is 0 Å². The minimum atomic E-state index is -4.07. The standard InChI is InChI=1S/C32H39N3O6S/c1-8-12-25-17-24(19-40-29-18-26(9-2)33-22(4)31(29)39-7)15-16-27(25)28-13-10-11-14-30(28)42(36,37)35(20-38-6)32-21(3)23(5)41-34-32/h10-11,13-18H,8-9,12,19-20H2,1-7H3. The second-order valence-electron chi connectivity index (χ2n) is 10.1. The lowest BCUT2D eigenvalue weighted by Crippen LogP contribution is -2.34. The number of sulfonamides is 1. The molecule has 0 aliphatic rings. The molecule has 0 saturated carbocycles. The highest BCUT2D eigenvalue weighted by atomic mass is 32.2. The maximum atomic E-state index is 14.1. The highest BCUT2D eigenvalue weighted by molar-refractivity contribution is 7.93. The fourth-order valence-electron chi connectivity index (χ4n) is 4.90. The third kappa shape index (κ3) is 6.29. The van der Waals surface area contributed by atoms with Crippen molar-refractivity contribution in [3.63, 3.8) is 0 Å². The molecule has 0 aliphatic carbocycles. The highest BCUT2D eigenvalue weighted by Gasteiger charge is 2.32. The van der Waals surface area contributed by atoms with Crippen LogP contribution in [0.4, 0.5) is 5.82 Å². The van der Waals surface area contributed by atoms with Crippen molar-refractivity contribution in [2.45, 2.75) is 65.4 Å². The van der Waals surface area contributed by atoms with Gasteiger partial charge in [-0.15, -0.1) is 0 Å². The molecular formula is C32H39N3O6S. The van der Waals surface area contributed by atoms with E-state index in [1.807, 2.05) is 44.2 Å². The molecule has 10 heteroatoms. The highest BCUT2D eigenvalue weighted by Crippen LogP contribution is 2.36. The summed E-state index contributed by atoms with van der Waals surface area (Å²) in [4.78, 5) is 4.72. The van der Waals surface area contributed by atoms with Gasteiger partial charge in [-0.05, 0) is 56.4 Å². The Morgan fingerprint density at radius 2 is 1.74 bits per heavy atom. The van der Waals surface area contributed by atoms with E-state index >= 15 is 0 Å². The van der Waals surface area contributed by atoms with Gasteiger partial charge in [0.05, 0.1) is 17.7 Å². The largest absolute Gasteiger partial charge is 0.491 e. The maximum Gasteiger partial charge on any atom is 0.268 e. The Bertz CT molecular complexity index is 1650. The number of methoxy groups -OCH3 is 2. The van der Waals surface area contributed by atoms with E-state index < -0.39 is 10.0 Å². The minimum absolute atomic E-state index is 0.160. The molecule has 4 aromatic rings. The number of aryl methyl sites for hydroxylation is 4. The van der Waals surface area contributed by atoms with Crippen LogP contribution in [0, 0.1) is 20.8 Å². The van der Waals surface area contributed by atoms with Crippen LogP contribution in [0.15, 0.2) is 57.9 Å². The van der Waals surface area contributed by atoms with Crippen LogP contribution in [0.3, 0.4) is 0 Å². The van der Waals surface area contributed by atoms with Crippen molar-refractivity contribution in [2.24, 2.45) is 0 Å². The first-order chi connectivity index (χ1) is 20.2. The SMILES string of the molecule is CCCc1cc(COc2cc(CC)nc(C)c2OC)ccc1-c1ccccc1S(=O)(=O)N(COC)c1noc(C)c1C. The van der Waals surface area contributed by atoms with Crippen molar-refractivity contribution in [3.8, 4) is 22.6 Å². The number of aromatic nitrogens is 2. The van der Waals surface area contributed by atoms with Crippen molar-refractivity contribution in [2.75, 3.05) is 25.3 Å². The van der Waals surface area contributed by atoms with E-state index in [1.165, 1.54) is 7.11 Å². The van der Waals surface area contributed by atoms with Gasteiger partial charge in [0.25, 0.3) is 10.0 Å². The van der Waals surface area contributed by atoms with Gasteiger partial charge in [-0.25, -0.2) is 12.7 Å². The molecule has 0 unspecified atom stereocenters. The van der Waals surface area contributed by atoms with Crippen molar-refractivity contribution < 1.29 is 27.2 Å². The number of ether oxygens (including phenoxy) is 3. The lowest BCUT2D eigenvalue weighted by molar-refractivity contribution is 0.208. The number of pyridine rings is 1. The zero-order chi connectivity index (χ0) is 30.4. The molecule has 42 heavy (non-hydrogen) atoms. The average molecular weight is 594 g/mol. The topological polar surface area (TPSA) is 104 Å². The number of anilines is 1. The molecule has 9 nitrogen and oxygen atoms in total. The number of rotatable bonds is 13. The van der Waals surface area contributed by atoms with Crippen LogP contribution < -0.4 is 13.8 Å². The monoisotopic (exact) mass is 593 g/mol. The van der Waals surface area contributed by atoms with E-state index in [2.05, 4.69) is 23.1 Å². The summed E-state index contributed by atoms with van der Waals surface area (Å²) in [6, 6.07) is 15.0. The van der Waals surface area contributed by atoms with Gasteiger partial charge in [0, 0.05) is 30.0 Å². The summed E-state index contributed by atoms with van der Waals surface area (Å²) in [6.07, 6.45) is 2.44. The molecule has 2 heterocycles. The predicted octanol–water partition coefficient (Wildman–Crippen LogP) is 6.56. The Kier molecular flexibility index (Phi) is 9.90. The van der Waals surface area contributed by atoms with Gasteiger partial charge in [-0.3, -0.25) is 4.98 Å². The number of nitrogens with zero attached hydrogens (tertiary/aromatic N) is 3. The number of hydrogen-bond acceptors (Lipinski definition) is 8. The Morgan fingerprint density at radius 1 is 0.976 bits per heavy atom. The maximum absolute atomic E-state index is 14.1.